The molecule has 0 amide bonds. The van der Waals surface area contributed by atoms with Crippen molar-refractivity contribution < 1.29 is 14.3 Å². The third-order valence-electron chi connectivity index (χ3n) is 2.29. The zero-order valence-corrected chi connectivity index (χ0v) is 9.31. The third-order valence-corrected chi connectivity index (χ3v) is 2.58. The summed E-state index contributed by atoms with van der Waals surface area (Å²) in [7, 11) is 0. The van der Waals surface area contributed by atoms with Gasteiger partial charge in [-0.05, 0) is 17.7 Å². The van der Waals surface area contributed by atoms with Crippen LogP contribution in [0.25, 0.3) is 0 Å². The molecule has 0 radical (unpaired) electrons. The van der Waals surface area contributed by atoms with Gasteiger partial charge < -0.3 is 5.11 Å². The summed E-state index contributed by atoms with van der Waals surface area (Å²) in [5.74, 6) is -1.38. The average molecular weight is 231 g/mol. The van der Waals surface area contributed by atoms with Gasteiger partial charge in [0.05, 0.1) is 11.4 Å². The van der Waals surface area contributed by atoms with Crippen LogP contribution < -0.4 is 0 Å². The molecule has 0 fully saturated rings. The summed E-state index contributed by atoms with van der Waals surface area (Å²) in [6.45, 7) is 3.56. The molecule has 82 valence electrons. The highest BCUT2D eigenvalue weighted by Gasteiger charge is 2.24. The molecule has 0 heterocycles. The Kier molecular flexibility index (Phi) is 3.35. The van der Waals surface area contributed by atoms with Gasteiger partial charge >= 0.3 is 5.97 Å². The maximum atomic E-state index is 12.9. The molecule has 1 aromatic rings. The Morgan fingerprint density at radius 1 is 1.53 bits per heavy atom. The van der Waals surface area contributed by atoms with Crippen molar-refractivity contribution in [3.05, 3.63) is 34.6 Å². The second-order valence-corrected chi connectivity index (χ2v) is 4.49. The van der Waals surface area contributed by atoms with Crippen molar-refractivity contribution in [2.24, 2.45) is 0 Å². The summed E-state index contributed by atoms with van der Waals surface area (Å²) < 4.78 is 12.9. The van der Waals surface area contributed by atoms with Gasteiger partial charge in [-0.15, -0.1) is 0 Å². The summed E-state index contributed by atoms with van der Waals surface area (Å²) in [5.41, 5.74) is 0.166. The van der Waals surface area contributed by atoms with Gasteiger partial charge in [0.2, 0.25) is 0 Å². The molecule has 0 aliphatic carbocycles. The predicted molar refractivity (Wildman–Crippen MR) is 56.7 cm³/mol. The van der Waals surface area contributed by atoms with Crippen LogP contribution in [-0.4, -0.2) is 11.1 Å². The van der Waals surface area contributed by atoms with Crippen LogP contribution in [0.4, 0.5) is 4.39 Å². The Morgan fingerprint density at radius 2 is 2.13 bits per heavy atom. The molecule has 1 aromatic carbocycles. The first-order valence-corrected chi connectivity index (χ1v) is 4.88. The lowest BCUT2D eigenvalue weighted by Gasteiger charge is -2.23. The zero-order valence-electron chi connectivity index (χ0n) is 8.55. The number of carbonyl (C=O) groups is 1. The minimum Gasteiger partial charge on any atom is -0.481 e. The molecule has 0 atom stereocenters. The summed E-state index contributed by atoms with van der Waals surface area (Å²) in [4.78, 5) is 10.6. The third kappa shape index (κ3) is 2.93. The number of aliphatic carboxylic acids is 1. The smallest absolute Gasteiger partial charge is 0.304 e. The maximum Gasteiger partial charge on any atom is 0.304 e. The van der Waals surface area contributed by atoms with E-state index in [-0.39, 0.29) is 11.4 Å². The van der Waals surface area contributed by atoms with Crippen molar-refractivity contribution in [2.75, 3.05) is 0 Å². The highest BCUT2D eigenvalue weighted by atomic mass is 35.5. The normalized spacial score (nSPS) is 11.5. The Labute approximate surface area is 92.7 Å². The van der Waals surface area contributed by atoms with Crippen molar-refractivity contribution in [3.8, 4) is 0 Å². The van der Waals surface area contributed by atoms with Crippen LogP contribution in [0, 0.1) is 5.82 Å². The predicted octanol–water partition coefficient (Wildman–Crippen LogP) is 3.23. The topological polar surface area (TPSA) is 37.3 Å². The van der Waals surface area contributed by atoms with Crippen LogP contribution in [-0.2, 0) is 10.2 Å². The molecule has 2 nitrogen and oxygen atoms in total. The number of halogens is 2. The first-order chi connectivity index (χ1) is 6.83. The lowest BCUT2D eigenvalue weighted by Crippen LogP contribution is -2.21. The van der Waals surface area contributed by atoms with Gasteiger partial charge in [0, 0.05) is 5.41 Å². The molecular weight excluding hydrogens is 219 g/mol. The van der Waals surface area contributed by atoms with Crippen LogP contribution >= 0.6 is 11.6 Å². The molecule has 0 saturated carbocycles. The van der Waals surface area contributed by atoms with Crippen LogP contribution in [0.2, 0.25) is 5.02 Å². The molecule has 0 bridgehead atoms. The van der Waals surface area contributed by atoms with E-state index in [4.69, 9.17) is 16.7 Å². The molecular formula is C11H12ClFO2. The summed E-state index contributed by atoms with van der Waals surface area (Å²) in [6, 6.07) is 4.28. The maximum absolute atomic E-state index is 12.9. The van der Waals surface area contributed by atoms with Crippen molar-refractivity contribution in [2.45, 2.75) is 25.7 Å². The first kappa shape index (κ1) is 12.0. The Hall–Kier alpha value is -1.09. The fraction of sp³-hybridized carbons (Fsp3) is 0.364. The van der Waals surface area contributed by atoms with Crippen LogP contribution in [0.3, 0.4) is 0 Å². The number of carboxylic acids is 1. The van der Waals surface area contributed by atoms with E-state index in [1.807, 2.05) is 0 Å². The van der Waals surface area contributed by atoms with Gasteiger partial charge in [0.1, 0.15) is 5.82 Å². The fourth-order valence-corrected chi connectivity index (χ4v) is 1.58. The van der Waals surface area contributed by atoms with Gasteiger partial charge in [-0.1, -0.05) is 31.5 Å². The summed E-state index contributed by atoms with van der Waals surface area (Å²) in [6.07, 6.45) is -0.0189. The Bertz CT molecular complexity index is 388. The van der Waals surface area contributed by atoms with E-state index in [0.29, 0.717) is 0 Å². The average Bonchev–Trinajstić information content (AvgIpc) is 2.07. The van der Waals surface area contributed by atoms with Crippen molar-refractivity contribution in [1.82, 2.24) is 0 Å². The van der Waals surface area contributed by atoms with Crippen molar-refractivity contribution in [3.63, 3.8) is 0 Å². The molecule has 0 aliphatic heterocycles. The minimum absolute atomic E-state index is 0.0189. The molecule has 0 saturated heterocycles. The van der Waals surface area contributed by atoms with E-state index < -0.39 is 17.2 Å². The largest absolute Gasteiger partial charge is 0.481 e. The van der Waals surface area contributed by atoms with Crippen molar-refractivity contribution >= 4 is 17.6 Å². The number of hydrogen-bond donors (Lipinski definition) is 1. The van der Waals surface area contributed by atoms with E-state index in [0.717, 1.165) is 5.56 Å². The number of hydrogen-bond acceptors (Lipinski definition) is 1. The molecule has 15 heavy (non-hydrogen) atoms. The standard InChI is InChI=1S/C11H12ClFO2/c1-11(2,6-10(14)15)7-3-4-9(13)8(12)5-7/h3-5H,6H2,1-2H3,(H,14,15). The van der Waals surface area contributed by atoms with Gasteiger partial charge in [-0.2, -0.15) is 0 Å². The summed E-state index contributed by atoms with van der Waals surface area (Å²) in [5, 5.41) is 8.75. The van der Waals surface area contributed by atoms with E-state index in [1.54, 1.807) is 19.9 Å². The summed E-state index contributed by atoms with van der Waals surface area (Å²) >= 11 is 5.63. The van der Waals surface area contributed by atoms with E-state index in [2.05, 4.69) is 0 Å². The highest BCUT2D eigenvalue weighted by molar-refractivity contribution is 6.30. The molecule has 1 N–H and O–H groups in total. The SMILES string of the molecule is CC(C)(CC(=O)O)c1ccc(F)c(Cl)c1. The fourth-order valence-electron chi connectivity index (χ4n) is 1.40. The molecule has 0 unspecified atom stereocenters. The van der Waals surface area contributed by atoms with E-state index in [1.165, 1.54) is 12.1 Å². The molecule has 0 aliphatic rings. The second-order valence-electron chi connectivity index (χ2n) is 4.08. The molecule has 0 aromatic heterocycles. The minimum atomic E-state index is -0.888. The van der Waals surface area contributed by atoms with Gasteiger partial charge in [0.15, 0.2) is 0 Å². The Balaban J connectivity index is 3.04. The number of carboxylic acid groups (broad SMARTS) is 1. The molecule has 0 spiro atoms. The lowest BCUT2D eigenvalue weighted by molar-refractivity contribution is -0.138. The van der Waals surface area contributed by atoms with Gasteiger partial charge in [-0.25, -0.2) is 4.39 Å². The van der Waals surface area contributed by atoms with Crippen LogP contribution in [0.5, 0.6) is 0 Å². The Morgan fingerprint density at radius 3 is 2.60 bits per heavy atom. The highest BCUT2D eigenvalue weighted by Crippen LogP contribution is 2.29. The van der Waals surface area contributed by atoms with Crippen LogP contribution in [0.15, 0.2) is 18.2 Å². The van der Waals surface area contributed by atoms with Crippen molar-refractivity contribution in [1.29, 1.82) is 0 Å². The quantitative estimate of drug-likeness (QED) is 0.866. The van der Waals surface area contributed by atoms with E-state index in [9.17, 15) is 9.18 Å². The lowest BCUT2D eigenvalue weighted by atomic mass is 9.82. The number of benzene rings is 1. The van der Waals surface area contributed by atoms with Crippen LogP contribution in [0.1, 0.15) is 25.8 Å². The first-order valence-electron chi connectivity index (χ1n) is 4.50. The second kappa shape index (κ2) is 4.19. The molecule has 1 rings (SSSR count). The zero-order chi connectivity index (χ0) is 11.6. The van der Waals surface area contributed by atoms with Gasteiger partial charge in [0.25, 0.3) is 0 Å². The van der Waals surface area contributed by atoms with Gasteiger partial charge in [-0.3, -0.25) is 4.79 Å². The monoisotopic (exact) mass is 230 g/mol. The number of rotatable bonds is 3. The molecule has 4 heteroatoms. The van der Waals surface area contributed by atoms with E-state index >= 15 is 0 Å².